The first-order valence-electron chi connectivity index (χ1n) is 6.11. The van der Waals surface area contributed by atoms with Crippen molar-refractivity contribution in [2.75, 3.05) is 19.6 Å². The average molecular weight is 263 g/mol. The SMILES string of the molecule is Cc1cc(C(=O)N2CCNCC2C(N)=O)ccc1O. The van der Waals surface area contributed by atoms with Crippen molar-refractivity contribution >= 4 is 11.8 Å². The van der Waals surface area contributed by atoms with Gasteiger partial charge in [-0.1, -0.05) is 0 Å². The zero-order chi connectivity index (χ0) is 14.0. The Morgan fingerprint density at radius 3 is 2.84 bits per heavy atom. The summed E-state index contributed by atoms with van der Waals surface area (Å²) in [5.41, 5.74) is 6.38. The standard InChI is InChI=1S/C13H17N3O3/c1-8-6-9(2-3-11(8)17)13(19)16-5-4-15-7-10(16)12(14)18/h2-3,6,10,15,17H,4-5,7H2,1H3,(H2,14,18). The molecule has 102 valence electrons. The fourth-order valence-corrected chi connectivity index (χ4v) is 2.16. The van der Waals surface area contributed by atoms with Crippen LogP contribution in [0.15, 0.2) is 18.2 Å². The van der Waals surface area contributed by atoms with E-state index in [1.54, 1.807) is 19.1 Å². The van der Waals surface area contributed by atoms with Crippen molar-refractivity contribution in [1.82, 2.24) is 10.2 Å². The predicted molar refractivity (Wildman–Crippen MR) is 69.7 cm³/mol. The summed E-state index contributed by atoms with van der Waals surface area (Å²) in [6, 6.07) is 4.00. The number of carbonyl (C=O) groups excluding carboxylic acids is 2. The van der Waals surface area contributed by atoms with Crippen molar-refractivity contribution in [3.05, 3.63) is 29.3 Å². The molecule has 1 unspecified atom stereocenters. The van der Waals surface area contributed by atoms with Crippen LogP contribution in [0.25, 0.3) is 0 Å². The molecule has 6 heteroatoms. The lowest BCUT2D eigenvalue weighted by Crippen LogP contribution is -2.58. The molecule has 6 nitrogen and oxygen atoms in total. The number of rotatable bonds is 2. The Morgan fingerprint density at radius 2 is 2.21 bits per heavy atom. The molecular weight excluding hydrogens is 246 g/mol. The zero-order valence-corrected chi connectivity index (χ0v) is 10.7. The van der Waals surface area contributed by atoms with Gasteiger partial charge in [0.15, 0.2) is 0 Å². The number of nitrogens with zero attached hydrogens (tertiary/aromatic N) is 1. The highest BCUT2D eigenvalue weighted by Gasteiger charge is 2.31. The topological polar surface area (TPSA) is 95.7 Å². The van der Waals surface area contributed by atoms with Crippen LogP contribution in [0.4, 0.5) is 0 Å². The number of benzene rings is 1. The van der Waals surface area contributed by atoms with Gasteiger partial charge in [0, 0.05) is 25.2 Å². The smallest absolute Gasteiger partial charge is 0.254 e. The van der Waals surface area contributed by atoms with Crippen molar-refractivity contribution in [3.63, 3.8) is 0 Å². The third-order valence-corrected chi connectivity index (χ3v) is 3.28. The normalized spacial score (nSPS) is 19.2. The van der Waals surface area contributed by atoms with Gasteiger partial charge in [0.2, 0.25) is 5.91 Å². The molecule has 0 saturated carbocycles. The molecule has 1 aromatic rings. The molecule has 2 amide bonds. The van der Waals surface area contributed by atoms with Crippen molar-refractivity contribution < 1.29 is 14.7 Å². The molecule has 2 rings (SSSR count). The van der Waals surface area contributed by atoms with Gasteiger partial charge in [0.05, 0.1) is 0 Å². The van der Waals surface area contributed by atoms with Crippen LogP contribution in [0.3, 0.4) is 0 Å². The maximum atomic E-state index is 12.4. The lowest BCUT2D eigenvalue weighted by atomic mass is 10.1. The molecule has 1 fully saturated rings. The molecule has 1 aliphatic rings. The van der Waals surface area contributed by atoms with Crippen molar-refractivity contribution in [3.8, 4) is 5.75 Å². The number of piperazine rings is 1. The van der Waals surface area contributed by atoms with Crippen LogP contribution in [0.2, 0.25) is 0 Å². The van der Waals surface area contributed by atoms with Gasteiger partial charge >= 0.3 is 0 Å². The number of nitrogens with two attached hydrogens (primary N) is 1. The minimum absolute atomic E-state index is 0.142. The average Bonchev–Trinajstić information content (AvgIpc) is 2.41. The highest BCUT2D eigenvalue weighted by molar-refractivity contribution is 5.97. The van der Waals surface area contributed by atoms with Crippen LogP contribution >= 0.6 is 0 Å². The third kappa shape index (κ3) is 2.68. The maximum Gasteiger partial charge on any atom is 0.254 e. The van der Waals surface area contributed by atoms with Crippen molar-refractivity contribution in [2.45, 2.75) is 13.0 Å². The highest BCUT2D eigenvalue weighted by atomic mass is 16.3. The number of hydrogen-bond acceptors (Lipinski definition) is 4. The number of primary amides is 1. The van der Waals surface area contributed by atoms with E-state index in [0.717, 1.165) is 0 Å². The van der Waals surface area contributed by atoms with Gasteiger partial charge in [-0.25, -0.2) is 0 Å². The molecule has 19 heavy (non-hydrogen) atoms. The second-order valence-electron chi connectivity index (χ2n) is 4.62. The van der Waals surface area contributed by atoms with E-state index in [9.17, 15) is 14.7 Å². The second-order valence-corrected chi connectivity index (χ2v) is 4.62. The predicted octanol–water partition coefficient (Wildman–Crippen LogP) is -0.400. The molecular formula is C13H17N3O3. The van der Waals surface area contributed by atoms with Gasteiger partial charge in [0.25, 0.3) is 5.91 Å². The van der Waals surface area contributed by atoms with E-state index in [-0.39, 0.29) is 11.7 Å². The Labute approximate surface area is 111 Å². The number of nitrogens with one attached hydrogen (secondary N) is 1. The molecule has 1 saturated heterocycles. The lowest BCUT2D eigenvalue weighted by molar-refractivity contribution is -0.122. The minimum atomic E-state index is -0.629. The van der Waals surface area contributed by atoms with Gasteiger partial charge in [-0.3, -0.25) is 9.59 Å². The van der Waals surface area contributed by atoms with E-state index in [4.69, 9.17) is 5.73 Å². The number of aryl methyl sites for hydroxylation is 1. The molecule has 1 aromatic carbocycles. The van der Waals surface area contributed by atoms with Crippen LogP contribution < -0.4 is 11.1 Å². The Hall–Kier alpha value is -2.08. The molecule has 0 aliphatic carbocycles. The first-order chi connectivity index (χ1) is 9.00. The van der Waals surface area contributed by atoms with E-state index in [2.05, 4.69) is 5.32 Å². The summed E-state index contributed by atoms with van der Waals surface area (Å²) in [4.78, 5) is 25.2. The first kappa shape index (κ1) is 13.4. The van der Waals surface area contributed by atoms with Gasteiger partial charge in [0.1, 0.15) is 11.8 Å². The Kier molecular flexibility index (Phi) is 3.71. The molecule has 0 bridgehead atoms. The van der Waals surface area contributed by atoms with Crippen LogP contribution in [0.5, 0.6) is 5.75 Å². The number of amides is 2. The van der Waals surface area contributed by atoms with Gasteiger partial charge in [-0.2, -0.15) is 0 Å². The quantitative estimate of drug-likeness (QED) is 0.676. The van der Waals surface area contributed by atoms with Crippen LogP contribution in [0, 0.1) is 6.92 Å². The highest BCUT2D eigenvalue weighted by Crippen LogP contribution is 2.19. The molecule has 0 radical (unpaired) electrons. The molecule has 0 aromatic heterocycles. The second kappa shape index (κ2) is 5.27. The largest absolute Gasteiger partial charge is 0.508 e. The van der Waals surface area contributed by atoms with Gasteiger partial charge < -0.3 is 21.1 Å². The number of phenolic OH excluding ortho intramolecular Hbond substituents is 1. The van der Waals surface area contributed by atoms with Crippen LogP contribution in [-0.4, -0.2) is 47.5 Å². The molecule has 4 N–H and O–H groups in total. The summed E-state index contributed by atoms with van der Waals surface area (Å²) < 4.78 is 0. The van der Waals surface area contributed by atoms with E-state index in [1.807, 2.05) is 0 Å². The fraction of sp³-hybridized carbons (Fsp3) is 0.385. The zero-order valence-electron chi connectivity index (χ0n) is 10.7. The first-order valence-corrected chi connectivity index (χ1v) is 6.11. The number of aromatic hydroxyl groups is 1. The monoisotopic (exact) mass is 263 g/mol. The van der Waals surface area contributed by atoms with Gasteiger partial charge in [-0.15, -0.1) is 0 Å². The lowest BCUT2D eigenvalue weighted by Gasteiger charge is -2.34. The summed E-state index contributed by atoms with van der Waals surface area (Å²) in [6.07, 6.45) is 0. The number of carbonyl (C=O) groups is 2. The van der Waals surface area contributed by atoms with Crippen LogP contribution in [0.1, 0.15) is 15.9 Å². The molecule has 1 aliphatic heterocycles. The fourth-order valence-electron chi connectivity index (χ4n) is 2.16. The Morgan fingerprint density at radius 1 is 1.47 bits per heavy atom. The van der Waals surface area contributed by atoms with Crippen LogP contribution in [-0.2, 0) is 4.79 Å². The summed E-state index contributed by atoms with van der Waals surface area (Å²) in [5, 5.41) is 12.5. The summed E-state index contributed by atoms with van der Waals surface area (Å²) >= 11 is 0. The van der Waals surface area contributed by atoms with Gasteiger partial charge in [-0.05, 0) is 30.7 Å². The van der Waals surface area contributed by atoms with E-state index >= 15 is 0 Å². The van der Waals surface area contributed by atoms with Crippen molar-refractivity contribution in [2.24, 2.45) is 5.73 Å². The molecule has 1 atom stereocenters. The number of hydrogen-bond donors (Lipinski definition) is 3. The Bertz CT molecular complexity index is 516. The summed E-state index contributed by atoms with van der Waals surface area (Å²) in [7, 11) is 0. The Balaban J connectivity index is 2.26. The number of phenols is 1. The molecule has 0 spiro atoms. The third-order valence-electron chi connectivity index (χ3n) is 3.28. The molecule has 1 heterocycles. The van der Waals surface area contributed by atoms with E-state index < -0.39 is 11.9 Å². The minimum Gasteiger partial charge on any atom is -0.508 e. The van der Waals surface area contributed by atoms with E-state index in [0.29, 0.717) is 30.8 Å². The maximum absolute atomic E-state index is 12.4. The van der Waals surface area contributed by atoms with Crippen molar-refractivity contribution in [1.29, 1.82) is 0 Å². The summed E-state index contributed by atoms with van der Waals surface area (Å²) in [5.74, 6) is -0.618. The summed E-state index contributed by atoms with van der Waals surface area (Å²) in [6.45, 7) is 3.16. The van der Waals surface area contributed by atoms with E-state index in [1.165, 1.54) is 11.0 Å².